The summed E-state index contributed by atoms with van der Waals surface area (Å²) < 4.78 is 5.72. The molecular weight excluding hydrogens is 322 g/mol. The highest BCUT2D eigenvalue weighted by Gasteiger charge is 2.40. The Morgan fingerprint density at radius 2 is 1.81 bits per heavy atom. The Bertz CT molecular complexity index is 1060. The molecule has 0 saturated heterocycles. The molecule has 0 bridgehead atoms. The van der Waals surface area contributed by atoms with Crippen LogP contribution in [0.3, 0.4) is 0 Å². The minimum atomic E-state index is -0.0859. The van der Waals surface area contributed by atoms with E-state index in [2.05, 4.69) is 43.4 Å². The summed E-state index contributed by atoms with van der Waals surface area (Å²) in [6.45, 7) is 4.34. The van der Waals surface area contributed by atoms with Crippen LogP contribution in [0.25, 0.3) is 16.3 Å². The molecule has 1 aliphatic carbocycles. The first kappa shape index (κ1) is 15.4. The lowest BCUT2D eigenvalue weighted by molar-refractivity contribution is -0.116. The van der Waals surface area contributed by atoms with Crippen molar-refractivity contribution in [1.29, 1.82) is 0 Å². The minimum absolute atomic E-state index is 0.0310. The smallest absolute Gasteiger partial charge is 0.164 e. The number of benzene rings is 2. The highest BCUT2D eigenvalue weighted by molar-refractivity contribution is 6.25. The standard InChI is InChI=1S/C23H21NO2/c1-23(2)12-17-21(19(25)13-23)16-10-14-6-3-4-7-15(14)11-18(16)24-22(17)20-8-5-9-26-20/h3-11,22,24H,12-13H2,1-2H3/t22-/m0/s1. The molecule has 130 valence electrons. The first-order valence-corrected chi connectivity index (χ1v) is 9.11. The van der Waals surface area contributed by atoms with Gasteiger partial charge in [0.1, 0.15) is 11.8 Å². The third kappa shape index (κ3) is 2.31. The van der Waals surface area contributed by atoms with E-state index in [-0.39, 0.29) is 17.2 Å². The van der Waals surface area contributed by atoms with Crippen LogP contribution in [-0.2, 0) is 4.79 Å². The van der Waals surface area contributed by atoms with Gasteiger partial charge in [-0.05, 0) is 52.4 Å². The van der Waals surface area contributed by atoms with Gasteiger partial charge >= 0.3 is 0 Å². The number of hydrogen-bond acceptors (Lipinski definition) is 3. The Balaban J connectivity index is 1.78. The molecule has 3 nitrogen and oxygen atoms in total. The number of hydrogen-bond donors (Lipinski definition) is 1. The number of Topliss-reactive ketones (excluding diaryl/α,β-unsaturated/α-hetero) is 1. The van der Waals surface area contributed by atoms with Crippen LogP contribution in [-0.4, -0.2) is 5.78 Å². The second-order valence-electron chi connectivity index (χ2n) is 8.18. The van der Waals surface area contributed by atoms with Crippen LogP contribution >= 0.6 is 0 Å². The van der Waals surface area contributed by atoms with Gasteiger partial charge in [0.25, 0.3) is 0 Å². The van der Waals surface area contributed by atoms with Crippen molar-refractivity contribution in [3.05, 3.63) is 71.7 Å². The predicted octanol–water partition coefficient (Wildman–Crippen LogP) is 5.74. The van der Waals surface area contributed by atoms with Crippen molar-refractivity contribution in [3.63, 3.8) is 0 Å². The number of anilines is 1. The van der Waals surface area contributed by atoms with Crippen LogP contribution in [0.15, 0.2) is 64.8 Å². The normalized spacial score (nSPS) is 21.3. The highest BCUT2D eigenvalue weighted by Crippen LogP contribution is 2.50. The molecule has 0 saturated carbocycles. The fourth-order valence-corrected chi connectivity index (χ4v) is 4.45. The van der Waals surface area contributed by atoms with Crippen LogP contribution < -0.4 is 5.32 Å². The average molecular weight is 343 g/mol. The molecule has 2 aliphatic rings. The topological polar surface area (TPSA) is 42.2 Å². The monoisotopic (exact) mass is 343 g/mol. The number of nitrogens with one attached hydrogen (secondary N) is 1. The van der Waals surface area contributed by atoms with Crippen molar-refractivity contribution in [2.24, 2.45) is 5.41 Å². The Labute approximate surface area is 152 Å². The second kappa shape index (κ2) is 5.34. The highest BCUT2D eigenvalue weighted by atomic mass is 16.3. The SMILES string of the molecule is CC1(C)CC(=O)C2=C(C1)[C@@H](c1ccco1)Nc1cc3ccccc3cc12. The summed E-state index contributed by atoms with van der Waals surface area (Å²) in [7, 11) is 0. The van der Waals surface area contributed by atoms with Crippen LogP contribution in [0.4, 0.5) is 5.69 Å². The summed E-state index contributed by atoms with van der Waals surface area (Å²) in [6, 6.07) is 16.4. The summed E-state index contributed by atoms with van der Waals surface area (Å²) in [5, 5.41) is 5.98. The fourth-order valence-electron chi connectivity index (χ4n) is 4.45. The van der Waals surface area contributed by atoms with Crippen molar-refractivity contribution in [2.75, 3.05) is 5.32 Å². The first-order valence-electron chi connectivity index (χ1n) is 9.11. The zero-order valence-electron chi connectivity index (χ0n) is 15.0. The van der Waals surface area contributed by atoms with Gasteiger partial charge in [-0.25, -0.2) is 0 Å². The van der Waals surface area contributed by atoms with E-state index in [1.54, 1.807) is 6.26 Å². The minimum Gasteiger partial charge on any atom is -0.467 e. The molecule has 3 heteroatoms. The van der Waals surface area contributed by atoms with E-state index in [9.17, 15) is 4.79 Å². The Kier molecular flexibility index (Phi) is 3.17. The molecule has 26 heavy (non-hydrogen) atoms. The van der Waals surface area contributed by atoms with E-state index >= 15 is 0 Å². The molecule has 2 heterocycles. The van der Waals surface area contributed by atoms with E-state index < -0.39 is 0 Å². The third-order valence-corrected chi connectivity index (χ3v) is 5.54. The number of fused-ring (bicyclic) bond motifs is 3. The summed E-state index contributed by atoms with van der Waals surface area (Å²) in [4.78, 5) is 13.1. The quantitative estimate of drug-likeness (QED) is 0.612. The fraction of sp³-hybridized carbons (Fsp3) is 0.261. The molecule has 1 aromatic heterocycles. The molecular formula is C23H21NO2. The Morgan fingerprint density at radius 1 is 1.04 bits per heavy atom. The molecule has 0 unspecified atom stereocenters. The predicted molar refractivity (Wildman–Crippen MR) is 104 cm³/mol. The lowest BCUT2D eigenvalue weighted by Gasteiger charge is -2.39. The van der Waals surface area contributed by atoms with Gasteiger partial charge in [-0.15, -0.1) is 0 Å². The third-order valence-electron chi connectivity index (χ3n) is 5.54. The summed E-state index contributed by atoms with van der Waals surface area (Å²) in [6.07, 6.45) is 3.17. The summed E-state index contributed by atoms with van der Waals surface area (Å²) in [5.41, 5.74) is 4.06. The van der Waals surface area contributed by atoms with E-state index in [0.717, 1.165) is 40.0 Å². The van der Waals surface area contributed by atoms with E-state index in [0.29, 0.717) is 6.42 Å². The van der Waals surface area contributed by atoms with Crippen molar-refractivity contribution in [3.8, 4) is 0 Å². The molecule has 0 spiro atoms. The van der Waals surface area contributed by atoms with Crippen molar-refractivity contribution < 1.29 is 9.21 Å². The molecule has 0 fully saturated rings. The molecule has 5 rings (SSSR count). The maximum Gasteiger partial charge on any atom is 0.164 e. The number of rotatable bonds is 1. The molecule has 1 aliphatic heterocycles. The zero-order chi connectivity index (χ0) is 17.9. The van der Waals surface area contributed by atoms with Gasteiger partial charge in [-0.1, -0.05) is 38.1 Å². The van der Waals surface area contributed by atoms with E-state index in [1.807, 2.05) is 24.3 Å². The number of furan rings is 1. The van der Waals surface area contributed by atoms with Gasteiger partial charge < -0.3 is 9.73 Å². The van der Waals surface area contributed by atoms with Crippen LogP contribution in [0.1, 0.15) is 44.1 Å². The van der Waals surface area contributed by atoms with Crippen molar-refractivity contribution in [2.45, 2.75) is 32.7 Å². The number of carbonyl (C=O) groups excluding carboxylic acids is 1. The van der Waals surface area contributed by atoms with E-state index in [4.69, 9.17) is 4.42 Å². The molecule has 1 atom stereocenters. The summed E-state index contributed by atoms with van der Waals surface area (Å²) >= 11 is 0. The molecule has 1 N–H and O–H groups in total. The number of ketones is 1. The first-order chi connectivity index (χ1) is 12.5. The zero-order valence-corrected chi connectivity index (χ0v) is 15.0. The maximum absolute atomic E-state index is 13.1. The maximum atomic E-state index is 13.1. The van der Waals surface area contributed by atoms with Crippen LogP contribution in [0, 0.1) is 5.41 Å². The number of allylic oxidation sites excluding steroid dienone is 1. The van der Waals surface area contributed by atoms with Gasteiger partial charge in [-0.3, -0.25) is 4.79 Å². The second-order valence-corrected chi connectivity index (χ2v) is 8.18. The van der Waals surface area contributed by atoms with Gasteiger partial charge in [0.15, 0.2) is 5.78 Å². The largest absolute Gasteiger partial charge is 0.467 e. The molecule has 0 amide bonds. The van der Waals surface area contributed by atoms with Crippen LogP contribution in [0.2, 0.25) is 0 Å². The lowest BCUT2D eigenvalue weighted by atomic mass is 9.68. The van der Waals surface area contributed by atoms with Gasteiger partial charge in [0, 0.05) is 23.2 Å². The van der Waals surface area contributed by atoms with Crippen LogP contribution in [0.5, 0.6) is 0 Å². The number of carbonyl (C=O) groups is 1. The van der Waals surface area contributed by atoms with Gasteiger partial charge in [-0.2, -0.15) is 0 Å². The molecule has 3 aromatic rings. The average Bonchev–Trinajstić information content (AvgIpc) is 3.12. The van der Waals surface area contributed by atoms with E-state index in [1.165, 1.54) is 5.39 Å². The van der Waals surface area contributed by atoms with Gasteiger partial charge in [0.2, 0.25) is 0 Å². The summed E-state index contributed by atoms with van der Waals surface area (Å²) in [5.74, 6) is 1.10. The Hall–Kier alpha value is -2.81. The van der Waals surface area contributed by atoms with Crippen molar-refractivity contribution >= 4 is 27.8 Å². The Morgan fingerprint density at radius 3 is 2.54 bits per heavy atom. The van der Waals surface area contributed by atoms with Gasteiger partial charge in [0.05, 0.1) is 6.26 Å². The lowest BCUT2D eigenvalue weighted by Crippen LogP contribution is -2.32. The molecule has 2 aromatic carbocycles. The van der Waals surface area contributed by atoms with Crippen molar-refractivity contribution in [1.82, 2.24) is 0 Å². The molecule has 0 radical (unpaired) electrons.